The maximum absolute atomic E-state index is 11.1. The van der Waals surface area contributed by atoms with Crippen LogP contribution in [0.2, 0.25) is 0 Å². The van der Waals surface area contributed by atoms with Crippen LogP contribution in [0.25, 0.3) is 0 Å². The van der Waals surface area contributed by atoms with Gasteiger partial charge in [-0.1, -0.05) is 0 Å². The van der Waals surface area contributed by atoms with Gasteiger partial charge in [-0.25, -0.2) is 8.42 Å². The lowest BCUT2D eigenvalue weighted by Crippen LogP contribution is -2.11. The summed E-state index contributed by atoms with van der Waals surface area (Å²) in [6.45, 7) is 0. The first kappa shape index (κ1) is 9.08. The summed E-state index contributed by atoms with van der Waals surface area (Å²) in [6, 6.07) is 0. The van der Waals surface area contributed by atoms with Crippen LogP contribution in [0.4, 0.5) is 0 Å². The summed E-state index contributed by atoms with van der Waals surface area (Å²) in [7, 11) is -3.13. The fourth-order valence-electron chi connectivity index (χ4n) is 2.23. The highest BCUT2D eigenvalue weighted by atomic mass is 32.2. The van der Waals surface area contributed by atoms with Crippen molar-refractivity contribution in [1.29, 1.82) is 0 Å². The summed E-state index contributed by atoms with van der Waals surface area (Å²) in [4.78, 5) is 1.21. The second-order valence-corrected chi connectivity index (χ2v) is 6.55. The largest absolute Gasteiger partial charge is 0.360 e. The summed E-state index contributed by atoms with van der Waals surface area (Å²) in [5.74, 6) is -0.200. The third-order valence-corrected chi connectivity index (χ3v) is 3.67. The van der Waals surface area contributed by atoms with Crippen LogP contribution in [0.5, 0.6) is 0 Å². The van der Waals surface area contributed by atoms with Crippen molar-refractivity contribution in [3.63, 3.8) is 0 Å². The summed E-state index contributed by atoms with van der Waals surface area (Å²) < 4.78 is 33.1. The molecule has 7 nitrogen and oxygen atoms in total. The van der Waals surface area contributed by atoms with Gasteiger partial charge in [0.1, 0.15) is 35.8 Å². The first-order chi connectivity index (χ1) is 7.53. The number of ether oxygens (including phenoxy) is 2. The monoisotopic (exact) mass is 243 g/mol. The molecule has 3 aliphatic rings. The van der Waals surface area contributed by atoms with Gasteiger partial charge >= 0.3 is 0 Å². The van der Waals surface area contributed by atoms with E-state index in [1.165, 1.54) is 4.80 Å². The van der Waals surface area contributed by atoms with Gasteiger partial charge in [-0.2, -0.15) is 15.0 Å². The summed E-state index contributed by atoms with van der Waals surface area (Å²) in [5, 5.41) is 8.31. The zero-order valence-electron chi connectivity index (χ0n) is 8.40. The summed E-state index contributed by atoms with van der Waals surface area (Å²) in [5.41, 5.74) is 1.49. The van der Waals surface area contributed by atoms with E-state index in [9.17, 15) is 8.42 Å². The van der Waals surface area contributed by atoms with E-state index in [1.807, 2.05) is 0 Å². The fourth-order valence-corrected chi connectivity index (χ4v) is 2.77. The van der Waals surface area contributed by atoms with Gasteiger partial charge in [-0.15, -0.1) is 0 Å². The van der Waals surface area contributed by atoms with Gasteiger partial charge in [0.05, 0.1) is 0 Å². The van der Waals surface area contributed by atoms with Gasteiger partial charge in [-0.05, 0) is 0 Å². The van der Waals surface area contributed by atoms with Crippen molar-refractivity contribution in [2.24, 2.45) is 0 Å². The van der Waals surface area contributed by atoms with Crippen LogP contribution in [0.15, 0.2) is 0 Å². The predicted octanol–water partition coefficient (Wildman–Crippen LogP) is -0.826. The van der Waals surface area contributed by atoms with Crippen LogP contribution >= 0.6 is 0 Å². The molecule has 2 aliphatic heterocycles. The molecule has 4 rings (SSSR count). The molecule has 1 aromatic heterocycles. The van der Waals surface area contributed by atoms with Crippen LogP contribution in [-0.4, -0.2) is 41.9 Å². The molecule has 0 spiro atoms. The smallest absolute Gasteiger partial charge is 0.169 e. The molecule has 0 aromatic carbocycles. The van der Waals surface area contributed by atoms with Crippen LogP contribution in [0.1, 0.15) is 23.6 Å². The van der Waals surface area contributed by atoms with E-state index in [1.54, 1.807) is 0 Å². The third kappa shape index (κ3) is 1.17. The third-order valence-electron chi connectivity index (χ3n) is 2.97. The van der Waals surface area contributed by atoms with Crippen molar-refractivity contribution in [2.45, 2.75) is 30.3 Å². The lowest BCUT2D eigenvalue weighted by Gasteiger charge is -1.95. The molecule has 2 saturated heterocycles. The fraction of sp³-hybridized carbons (Fsp3) is 0.750. The molecule has 2 fully saturated rings. The molecule has 0 radical (unpaired) electrons. The lowest BCUT2D eigenvalue weighted by atomic mass is 10.0. The lowest BCUT2D eigenvalue weighted by molar-refractivity contribution is 0.303. The molecule has 0 bridgehead atoms. The van der Waals surface area contributed by atoms with Gasteiger partial charge in [0.25, 0.3) is 0 Å². The van der Waals surface area contributed by atoms with Crippen molar-refractivity contribution in [1.82, 2.24) is 15.0 Å². The van der Waals surface area contributed by atoms with Gasteiger partial charge < -0.3 is 9.47 Å². The molecular weight excluding hydrogens is 234 g/mol. The topological polar surface area (TPSA) is 89.9 Å². The van der Waals surface area contributed by atoms with E-state index >= 15 is 0 Å². The molecule has 0 amide bonds. The minimum atomic E-state index is -3.13. The minimum Gasteiger partial charge on any atom is -0.360 e. The number of sulfone groups is 1. The summed E-state index contributed by atoms with van der Waals surface area (Å²) in [6.07, 6.45) is 1.31. The van der Waals surface area contributed by atoms with Gasteiger partial charge in [0.2, 0.25) is 0 Å². The van der Waals surface area contributed by atoms with Gasteiger partial charge in [0, 0.05) is 6.26 Å². The Morgan fingerprint density at radius 3 is 2.12 bits per heavy atom. The Labute approximate surface area is 91.3 Å². The molecule has 8 heteroatoms. The summed E-state index contributed by atoms with van der Waals surface area (Å²) >= 11 is 0. The molecule has 4 unspecified atom stereocenters. The van der Waals surface area contributed by atoms with Crippen LogP contribution in [-0.2, 0) is 25.2 Å². The SMILES string of the molecule is CS(=O)(=O)Cn1nc2c(n1)C1OC1C1OC21. The highest BCUT2D eigenvalue weighted by Gasteiger charge is 2.66. The maximum Gasteiger partial charge on any atom is 0.169 e. The van der Waals surface area contributed by atoms with E-state index < -0.39 is 9.84 Å². The quantitative estimate of drug-likeness (QED) is 0.630. The number of epoxide rings is 2. The number of rotatable bonds is 2. The van der Waals surface area contributed by atoms with Crippen molar-refractivity contribution in [2.75, 3.05) is 6.26 Å². The first-order valence-electron chi connectivity index (χ1n) is 4.96. The second kappa shape index (κ2) is 2.47. The van der Waals surface area contributed by atoms with Crippen molar-refractivity contribution < 1.29 is 17.9 Å². The molecule has 86 valence electrons. The highest BCUT2D eigenvalue weighted by molar-refractivity contribution is 7.89. The number of hydrogen-bond acceptors (Lipinski definition) is 6. The Hall–Kier alpha value is -0.990. The molecule has 0 N–H and O–H groups in total. The maximum atomic E-state index is 11.1. The molecular formula is C8H9N3O4S. The average molecular weight is 243 g/mol. The Kier molecular flexibility index (Phi) is 1.40. The number of hydrogen-bond donors (Lipinski definition) is 0. The minimum absolute atomic E-state index is 0.0351. The van der Waals surface area contributed by atoms with E-state index in [4.69, 9.17) is 9.47 Å². The van der Waals surface area contributed by atoms with Crippen LogP contribution in [0.3, 0.4) is 0 Å². The van der Waals surface area contributed by atoms with E-state index in [0.29, 0.717) is 0 Å². The van der Waals surface area contributed by atoms with Crippen LogP contribution in [0, 0.1) is 0 Å². The Bertz CT molecular complexity index is 547. The molecule has 0 saturated carbocycles. The number of fused-ring (bicyclic) bond motifs is 6. The Balaban J connectivity index is 1.75. The number of aromatic nitrogens is 3. The van der Waals surface area contributed by atoms with E-state index in [-0.39, 0.29) is 30.3 Å². The van der Waals surface area contributed by atoms with Gasteiger partial charge in [0.15, 0.2) is 15.7 Å². The highest BCUT2D eigenvalue weighted by Crippen LogP contribution is 2.59. The Morgan fingerprint density at radius 2 is 1.69 bits per heavy atom. The zero-order valence-corrected chi connectivity index (χ0v) is 9.22. The Morgan fingerprint density at radius 1 is 1.19 bits per heavy atom. The molecule has 16 heavy (non-hydrogen) atoms. The van der Waals surface area contributed by atoms with Crippen molar-refractivity contribution in [3.05, 3.63) is 11.4 Å². The van der Waals surface area contributed by atoms with Crippen molar-refractivity contribution in [3.8, 4) is 0 Å². The molecule has 3 heterocycles. The number of nitrogens with zero attached hydrogens (tertiary/aromatic N) is 3. The van der Waals surface area contributed by atoms with E-state index in [2.05, 4.69) is 10.2 Å². The molecule has 1 aromatic rings. The van der Waals surface area contributed by atoms with Gasteiger partial charge in [-0.3, -0.25) is 0 Å². The van der Waals surface area contributed by atoms with Crippen molar-refractivity contribution >= 4 is 9.84 Å². The average Bonchev–Trinajstić information content (AvgIpc) is 3.01. The standard InChI is InChI=1S/C8H9N3O4S/c1-16(12,13)2-11-9-3-4(10-11)6-8(15-6)7-5(3)14-7/h5-8H,2H2,1H3. The van der Waals surface area contributed by atoms with Crippen LogP contribution < -0.4 is 0 Å². The molecule has 1 aliphatic carbocycles. The predicted molar refractivity (Wildman–Crippen MR) is 50.1 cm³/mol. The zero-order chi connectivity index (χ0) is 11.1. The first-order valence-corrected chi connectivity index (χ1v) is 7.02. The molecule has 4 atom stereocenters. The normalized spacial score (nSPS) is 38.6. The second-order valence-electron chi connectivity index (χ2n) is 4.44. The van der Waals surface area contributed by atoms with E-state index in [0.717, 1.165) is 17.6 Å².